The molecule has 0 bridgehead atoms. The fraction of sp³-hybridized carbons (Fsp3) is 0.571. The quantitative estimate of drug-likeness (QED) is 0.863. The lowest BCUT2D eigenvalue weighted by atomic mass is 10.1. The number of nitrogens with two attached hydrogens (primary N) is 1. The minimum absolute atomic E-state index is 0.138. The Morgan fingerprint density at radius 1 is 1.05 bits per heavy atom. The fourth-order valence-corrected chi connectivity index (χ4v) is 2.50. The molecule has 2 rings (SSSR count). The largest absolute Gasteiger partial charge is 0.401 e. The summed E-state index contributed by atoms with van der Waals surface area (Å²) < 4.78 is 50.3. The molecule has 118 valence electrons. The molecule has 0 radical (unpaired) electrons. The fourth-order valence-electron chi connectivity index (χ4n) is 2.50. The van der Waals surface area contributed by atoms with Crippen molar-refractivity contribution in [3.63, 3.8) is 0 Å². The molecule has 2 N–H and O–H groups in total. The second kappa shape index (κ2) is 6.72. The van der Waals surface area contributed by atoms with Crippen LogP contribution < -0.4 is 5.73 Å². The maximum absolute atomic E-state index is 13.4. The van der Waals surface area contributed by atoms with Crippen molar-refractivity contribution in [1.29, 1.82) is 0 Å². The van der Waals surface area contributed by atoms with Crippen LogP contribution in [0.2, 0.25) is 0 Å². The molecule has 1 aromatic carbocycles. The average molecular weight is 305 g/mol. The molecule has 1 heterocycles. The maximum Gasteiger partial charge on any atom is 0.401 e. The van der Waals surface area contributed by atoms with E-state index < -0.39 is 12.7 Å². The highest BCUT2D eigenvalue weighted by molar-refractivity contribution is 5.25. The molecular formula is C14H19F4N3. The van der Waals surface area contributed by atoms with Crippen LogP contribution in [0.25, 0.3) is 0 Å². The molecule has 1 saturated heterocycles. The van der Waals surface area contributed by atoms with Crippen LogP contribution in [0.1, 0.15) is 11.1 Å². The van der Waals surface area contributed by atoms with E-state index >= 15 is 0 Å². The Labute approximate surface area is 121 Å². The summed E-state index contributed by atoms with van der Waals surface area (Å²) >= 11 is 0. The lowest BCUT2D eigenvalue weighted by Gasteiger charge is -2.35. The predicted octanol–water partition coefficient (Wildman–Crippen LogP) is 1.96. The summed E-state index contributed by atoms with van der Waals surface area (Å²) in [7, 11) is 0. The lowest BCUT2D eigenvalue weighted by Crippen LogP contribution is -2.48. The van der Waals surface area contributed by atoms with E-state index in [-0.39, 0.29) is 12.4 Å². The van der Waals surface area contributed by atoms with Crippen molar-refractivity contribution in [2.75, 3.05) is 32.7 Å². The van der Waals surface area contributed by atoms with Gasteiger partial charge in [0, 0.05) is 44.8 Å². The van der Waals surface area contributed by atoms with Crippen LogP contribution in [-0.4, -0.2) is 48.7 Å². The molecule has 0 spiro atoms. The minimum Gasteiger partial charge on any atom is -0.326 e. The van der Waals surface area contributed by atoms with Gasteiger partial charge in [-0.25, -0.2) is 4.39 Å². The molecule has 1 aliphatic rings. The Kier molecular flexibility index (Phi) is 5.18. The van der Waals surface area contributed by atoms with Crippen molar-refractivity contribution in [3.05, 3.63) is 35.1 Å². The highest BCUT2D eigenvalue weighted by Crippen LogP contribution is 2.18. The van der Waals surface area contributed by atoms with Gasteiger partial charge in [-0.15, -0.1) is 0 Å². The Hall–Kier alpha value is -1.18. The van der Waals surface area contributed by atoms with Crippen molar-refractivity contribution >= 4 is 0 Å². The summed E-state index contributed by atoms with van der Waals surface area (Å²) in [5.41, 5.74) is 6.86. The normalized spacial score (nSPS) is 18.1. The van der Waals surface area contributed by atoms with Crippen LogP contribution in [0.3, 0.4) is 0 Å². The summed E-state index contributed by atoms with van der Waals surface area (Å²) in [5.74, 6) is -0.323. The average Bonchev–Trinajstić information content (AvgIpc) is 2.41. The van der Waals surface area contributed by atoms with Crippen molar-refractivity contribution < 1.29 is 17.6 Å². The van der Waals surface area contributed by atoms with Crippen LogP contribution in [0, 0.1) is 5.82 Å². The van der Waals surface area contributed by atoms with Gasteiger partial charge in [-0.1, -0.05) is 12.1 Å². The number of nitrogens with zero attached hydrogens (tertiary/aromatic N) is 2. The Morgan fingerprint density at radius 3 is 2.24 bits per heavy atom. The monoisotopic (exact) mass is 305 g/mol. The summed E-state index contributed by atoms with van der Waals surface area (Å²) in [5, 5.41) is 0. The number of benzene rings is 1. The lowest BCUT2D eigenvalue weighted by molar-refractivity contribution is -0.149. The molecule has 0 saturated carbocycles. The molecular weight excluding hydrogens is 286 g/mol. The Morgan fingerprint density at radius 2 is 1.67 bits per heavy atom. The SMILES string of the molecule is NCc1cc(CN2CCN(CC(F)(F)F)CC2)ccc1F. The molecule has 0 aliphatic carbocycles. The molecule has 21 heavy (non-hydrogen) atoms. The smallest absolute Gasteiger partial charge is 0.326 e. The highest BCUT2D eigenvalue weighted by Gasteiger charge is 2.32. The molecule has 1 aromatic rings. The van der Waals surface area contributed by atoms with Crippen LogP contribution in [-0.2, 0) is 13.1 Å². The van der Waals surface area contributed by atoms with Crippen molar-refractivity contribution in [2.24, 2.45) is 5.73 Å². The molecule has 7 heteroatoms. The minimum atomic E-state index is -4.14. The first-order chi connectivity index (χ1) is 9.87. The van der Waals surface area contributed by atoms with Gasteiger partial charge < -0.3 is 5.73 Å². The molecule has 0 amide bonds. The van der Waals surface area contributed by atoms with Gasteiger partial charge >= 0.3 is 6.18 Å². The van der Waals surface area contributed by atoms with E-state index in [2.05, 4.69) is 4.90 Å². The summed E-state index contributed by atoms with van der Waals surface area (Å²) in [6.07, 6.45) is -4.14. The van der Waals surface area contributed by atoms with Crippen LogP contribution in [0.4, 0.5) is 17.6 Å². The zero-order chi connectivity index (χ0) is 15.5. The molecule has 0 unspecified atom stereocenters. The Bertz CT molecular complexity index is 468. The van der Waals surface area contributed by atoms with E-state index in [9.17, 15) is 17.6 Å². The molecule has 0 aromatic heterocycles. The number of hydrogen-bond donors (Lipinski definition) is 1. The van der Waals surface area contributed by atoms with Crippen molar-refractivity contribution in [2.45, 2.75) is 19.3 Å². The van der Waals surface area contributed by atoms with Crippen molar-refractivity contribution in [3.8, 4) is 0 Å². The van der Waals surface area contributed by atoms with Crippen molar-refractivity contribution in [1.82, 2.24) is 9.80 Å². The first-order valence-electron chi connectivity index (χ1n) is 6.86. The van der Waals surface area contributed by atoms with Gasteiger partial charge in [0.2, 0.25) is 0 Å². The molecule has 3 nitrogen and oxygen atoms in total. The van der Waals surface area contributed by atoms with Crippen LogP contribution >= 0.6 is 0 Å². The number of hydrogen-bond acceptors (Lipinski definition) is 3. The summed E-state index contributed by atoms with van der Waals surface area (Å²) in [4.78, 5) is 3.48. The van der Waals surface area contributed by atoms with Gasteiger partial charge in [0.25, 0.3) is 0 Å². The number of piperazine rings is 1. The summed E-state index contributed by atoms with van der Waals surface area (Å²) in [6.45, 7) is 1.83. The van der Waals surface area contributed by atoms with Gasteiger partial charge in [0.1, 0.15) is 5.82 Å². The molecule has 1 aliphatic heterocycles. The van der Waals surface area contributed by atoms with Crippen LogP contribution in [0.5, 0.6) is 0 Å². The van der Waals surface area contributed by atoms with Crippen LogP contribution in [0.15, 0.2) is 18.2 Å². The topological polar surface area (TPSA) is 32.5 Å². The number of alkyl halides is 3. The zero-order valence-electron chi connectivity index (χ0n) is 11.7. The van der Waals surface area contributed by atoms with E-state index in [0.29, 0.717) is 38.3 Å². The van der Waals surface area contributed by atoms with Gasteiger partial charge in [0.05, 0.1) is 6.54 Å². The predicted molar refractivity (Wildman–Crippen MR) is 72.1 cm³/mol. The number of halogens is 4. The third kappa shape index (κ3) is 4.94. The first-order valence-corrected chi connectivity index (χ1v) is 6.86. The van der Waals surface area contributed by atoms with E-state index in [4.69, 9.17) is 5.73 Å². The van der Waals surface area contributed by atoms with E-state index in [1.165, 1.54) is 11.0 Å². The first kappa shape index (κ1) is 16.2. The number of rotatable bonds is 4. The molecule has 1 fully saturated rings. The highest BCUT2D eigenvalue weighted by atomic mass is 19.4. The molecule has 0 atom stereocenters. The van der Waals surface area contributed by atoms with Gasteiger partial charge in [-0.2, -0.15) is 13.2 Å². The van der Waals surface area contributed by atoms with Gasteiger partial charge in [-0.3, -0.25) is 9.80 Å². The van der Waals surface area contributed by atoms with Gasteiger partial charge in [0.15, 0.2) is 0 Å². The van der Waals surface area contributed by atoms with Gasteiger partial charge in [-0.05, 0) is 11.6 Å². The maximum atomic E-state index is 13.4. The Balaban J connectivity index is 1.86. The third-order valence-electron chi connectivity index (χ3n) is 3.60. The van der Waals surface area contributed by atoms with E-state index in [0.717, 1.165) is 5.56 Å². The third-order valence-corrected chi connectivity index (χ3v) is 3.60. The summed E-state index contributed by atoms with van der Waals surface area (Å²) in [6, 6.07) is 4.80. The standard InChI is InChI=1S/C14H19F4N3/c15-13-2-1-11(7-12(13)8-19)9-20-3-5-21(6-4-20)10-14(16,17)18/h1-2,7H,3-6,8-10,19H2. The van der Waals surface area contributed by atoms with E-state index in [1.807, 2.05) is 0 Å². The zero-order valence-corrected chi connectivity index (χ0v) is 11.7. The second-order valence-corrected chi connectivity index (χ2v) is 5.30. The van der Waals surface area contributed by atoms with E-state index in [1.54, 1.807) is 12.1 Å². The second-order valence-electron chi connectivity index (χ2n) is 5.30.